The fraction of sp³-hybridized carbons (Fsp3) is 0.385. The minimum atomic E-state index is -1.12. The van der Waals surface area contributed by atoms with Gasteiger partial charge < -0.3 is 10.2 Å². The summed E-state index contributed by atoms with van der Waals surface area (Å²) in [5.74, 6) is -1.47. The van der Waals surface area contributed by atoms with E-state index >= 15 is 0 Å². The Balaban J connectivity index is 3.21. The fourth-order valence-corrected chi connectivity index (χ4v) is 1.97. The van der Waals surface area contributed by atoms with Crippen LogP contribution in [0.1, 0.15) is 19.4 Å². The van der Waals surface area contributed by atoms with Crippen molar-refractivity contribution >= 4 is 28.9 Å². The number of benzene rings is 1. The van der Waals surface area contributed by atoms with Crippen molar-refractivity contribution in [3.8, 4) is 0 Å². The van der Waals surface area contributed by atoms with Crippen LogP contribution in [-0.2, 0) is 14.4 Å². The molecule has 0 bridgehead atoms. The highest BCUT2D eigenvalue weighted by atomic mass is 16.7. The van der Waals surface area contributed by atoms with E-state index in [0.29, 0.717) is 10.6 Å². The minimum absolute atomic E-state index is 0.329. The molecule has 11 heteroatoms. The van der Waals surface area contributed by atoms with Crippen molar-refractivity contribution in [2.24, 2.45) is 0 Å². The fourth-order valence-electron chi connectivity index (χ4n) is 1.97. The summed E-state index contributed by atoms with van der Waals surface area (Å²) in [4.78, 5) is 48.2. The standard InChI is InChI=1S/C13H16N4O7/c1-7-5-10(16(20)21)12(11(6-7)17(22)23)14-8(2)13(19)15(4)24-9(3)18/h5-6,8,14H,1-4H3. The van der Waals surface area contributed by atoms with Gasteiger partial charge in [0.15, 0.2) is 5.69 Å². The van der Waals surface area contributed by atoms with Gasteiger partial charge in [0.25, 0.3) is 17.3 Å². The van der Waals surface area contributed by atoms with E-state index in [-0.39, 0.29) is 0 Å². The van der Waals surface area contributed by atoms with Gasteiger partial charge in [0.1, 0.15) is 6.04 Å². The number of hydrogen-bond donors (Lipinski definition) is 1. The maximum absolute atomic E-state index is 12.1. The lowest BCUT2D eigenvalue weighted by atomic mass is 10.1. The van der Waals surface area contributed by atoms with E-state index in [1.807, 2.05) is 0 Å². The molecule has 1 N–H and O–H groups in total. The highest BCUT2D eigenvalue weighted by Gasteiger charge is 2.30. The van der Waals surface area contributed by atoms with Crippen molar-refractivity contribution < 1.29 is 24.3 Å². The molecular formula is C13H16N4O7. The monoisotopic (exact) mass is 340 g/mol. The average Bonchev–Trinajstić information content (AvgIpc) is 2.46. The third-order valence-electron chi connectivity index (χ3n) is 2.94. The molecule has 0 spiro atoms. The first-order valence-corrected chi connectivity index (χ1v) is 6.70. The smallest absolute Gasteiger partial charge is 0.329 e. The molecule has 0 aliphatic carbocycles. The van der Waals surface area contributed by atoms with Crippen LogP contribution in [0, 0.1) is 27.2 Å². The summed E-state index contributed by atoms with van der Waals surface area (Å²) in [5, 5.41) is 25.4. The van der Waals surface area contributed by atoms with Crippen LogP contribution < -0.4 is 5.32 Å². The molecule has 1 aromatic carbocycles. The van der Waals surface area contributed by atoms with E-state index in [1.165, 1.54) is 20.9 Å². The largest absolute Gasteiger partial charge is 0.362 e. The summed E-state index contributed by atoms with van der Waals surface area (Å²) in [6.07, 6.45) is 0. The van der Waals surface area contributed by atoms with E-state index < -0.39 is 44.8 Å². The molecule has 1 unspecified atom stereocenters. The normalized spacial score (nSPS) is 11.3. The molecule has 130 valence electrons. The summed E-state index contributed by atoms with van der Waals surface area (Å²) in [6.45, 7) is 3.90. The first-order chi connectivity index (χ1) is 11.0. The van der Waals surface area contributed by atoms with E-state index in [1.54, 1.807) is 0 Å². The average molecular weight is 340 g/mol. The van der Waals surface area contributed by atoms with E-state index in [2.05, 4.69) is 10.2 Å². The molecule has 0 fully saturated rings. The summed E-state index contributed by atoms with van der Waals surface area (Å²) >= 11 is 0. The zero-order valence-electron chi connectivity index (χ0n) is 13.4. The van der Waals surface area contributed by atoms with Gasteiger partial charge in [-0.05, 0) is 19.4 Å². The lowest BCUT2D eigenvalue weighted by molar-refractivity contribution is -0.392. The maximum atomic E-state index is 12.1. The number of anilines is 1. The van der Waals surface area contributed by atoms with Gasteiger partial charge in [-0.3, -0.25) is 29.8 Å². The van der Waals surface area contributed by atoms with Crippen LogP contribution in [0.25, 0.3) is 0 Å². The van der Waals surface area contributed by atoms with Crippen LogP contribution in [-0.4, -0.2) is 39.9 Å². The number of hydrogen-bond acceptors (Lipinski definition) is 8. The summed E-state index contributed by atoms with van der Waals surface area (Å²) in [6, 6.07) is 1.19. The second-order valence-electron chi connectivity index (χ2n) is 4.98. The second kappa shape index (κ2) is 7.35. The maximum Gasteiger partial charge on any atom is 0.329 e. The molecule has 1 amide bonds. The lowest BCUT2D eigenvalue weighted by Crippen LogP contribution is -2.40. The number of likely N-dealkylation sites (N-methyl/N-ethyl adjacent to an activating group) is 1. The number of hydroxylamine groups is 2. The molecule has 0 heterocycles. The highest BCUT2D eigenvalue weighted by molar-refractivity contribution is 5.87. The summed E-state index contributed by atoms with van der Waals surface area (Å²) in [7, 11) is 1.18. The van der Waals surface area contributed by atoms with Crippen molar-refractivity contribution in [2.45, 2.75) is 26.8 Å². The van der Waals surface area contributed by atoms with E-state index in [0.717, 1.165) is 19.1 Å². The molecular weight excluding hydrogens is 324 g/mol. The van der Waals surface area contributed by atoms with E-state index in [4.69, 9.17) is 0 Å². The molecule has 0 radical (unpaired) electrons. The van der Waals surface area contributed by atoms with Crippen molar-refractivity contribution in [1.29, 1.82) is 0 Å². The van der Waals surface area contributed by atoms with Crippen LogP contribution in [0.5, 0.6) is 0 Å². The number of nitrogens with zero attached hydrogens (tertiary/aromatic N) is 3. The molecule has 0 aliphatic heterocycles. The Morgan fingerprint density at radius 1 is 1.21 bits per heavy atom. The van der Waals surface area contributed by atoms with Gasteiger partial charge in [-0.2, -0.15) is 5.06 Å². The Morgan fingerprint density at radius 2 is 1.67 bits per heavy atom. The van der Waals surface area contributed by atoms with Crippen LogP contribution >= 0.6 is 0 Å². The van der Waals surface area contributed by atoms with Gasteiger partial charge in [-0.1, -0.05) is 0 Å². The van der Waals surface area contributed by atoms with Crippen molar-refractivity contribution in [3.05, 3.63) is 37.9 Å². The number of nitro benzene ring substituents is 2. The molecule has 11 nitrogen and oxygen atoms in total. The van der Waals surface area contributed by atoms with Crippen molar-refractivity contribution in [1.82, 2.24) is 5.06 Å². The van der Waals surface area contributed by atoms with Gasteiger partial charge in [0.05, 0.1) is 9.85 Å². The molecule has 0 aromatic heterocycles. The minimum Gasteiger partial charge on any atom is -0.362 e. The molecule has 1 rings (SSSR count). The number of amides is 1. The first kappa shape index (κ1) is 18.8. The number of carbonyl (C=O) groups excluding carboxylic acids is 2. The molecule has 1 atom stereocenters. The number of nitro groups is 2. The Morgan fingerprint density at radius 3 is 2.04 bits per heavy atom. The van der Waals surface area contributed by atoms with E-state index in [9.17, 15) is 29.8 Å². The Kier molecular flexibility index (Phi) is 5.76. The van der Waals surface area contributed by atoms with Crippen molar-refractivity contribution in [3.63, 3.8) is 0 Å². The van der Waals surface area contributed by atoms with Crippen molar-refractivity contribution in [2.75, 3.05) is 12.4 Å². The van der Waals surface area contributed by atoms with Crippen LogP contribution in [0.3, 0.4) is 0 Å². The lowest BCUT2D eigenvalue weighted by Gasteiger charge is -2.20. The molecule has 0 aliphatic rings. The summed E-state index contributed by atoms with van der Waals surface area (Å²) < 4.78 is 0. The Hall–Kier alpha value is -3.24. The molecule has 0 saturated carbocycles. The predicted molar refractivity (Wildman–Crippen MR) is 82.1 cm³/mol. The van der Waals surface area contributed by atoms with Gasteiger partial charge in [0.2, 0.25) is 0 Å². The predicted octanol–water partition coefficient (Wildman–Crippen LogP) is 1.55. The molecule has 24 heavy (non-hydrogen) atoms. The zero-order chi connectivity index (χ0) is 18.6. The number of nitrogens with one attached hydrogen (secondary N) is 1. The van der Waals surface area contributed by atoms with Gasteiger partial charge >= 0.3 is 5.97 Å². The first-order valence-electron chi connectivity index (χ1n) is 6.70. The Labute approximate surface area is 136 Å². The van der Waals surface area contributed by atoms with Crippen LogP contribution in [0.4, 0.5) is 17.1 Å². The zero-order valence-corrected chi connectivity index (χ0v) is 13.4. The topological polar surface area (TPSA) is 145 Å². The van der Waals surface area contributed by atoms with Gasteiger partial charge in [-0.15, -0.1) is 0 Å². The SMILES string of the molecule is CC(=O)ON(C)C(=O)C(C)Nc1c([N+](=O)[O-])cc(C)cc1[N+](=O)[O-]. The second-order valence-corrected chi connectivity index (χ2v) is 4.98. The number of rotatable bonds is 5. The molecule has 1 aromatic rings. The third kappa shape index (κ3) is 4.38. The quantitative estimate of drug-likeness (QED) is 0.627. The summed E-state index contributed by atoms with van der Waals surface area (Å²) in [5.41, 5.74) is -1.13. The number of aryl methyl sites for hydroxylation is 1. The molecule has 0 saturated heterocycles. The van der Waals surface area contributed by atoms with Gasteiger partial charge in [0, 0.05) is 26.1 Å². The van der Waals surface area contributed by atoms with Crippen LogP contribution in [0.2, 0.25) is 0 Å². The van der Waals surface area contributed by atoms with Gasteiger partial charge in [-0.25, -0.2) is 0 Å². The van der Waals surface area contributed by atoms with Crippen LogP contribution in [0.15, 0.2) is 12.1 Å². The highest BCUT2D eigenvalue weighted by Crippen LogP contribution is 2.36. The number of carbonyl (C=O) groups is 2. The Bertz CT molecular complexity index is 669. The third-order valence-corrected chi connectivity index (χ3v) is 2.94.